The van der Waals surface area contributed by atoms with Gasteiger partial charge < -0.3 is 9.88 Å². The first kappa shape index (κ1) is 11.7. The molecule has 3 rings (SSSR count). The number of halogens is 2. The van der Waals surface area contributed by atoms with Crippen LogP contribution in [0.2, 0.25) is 0 Å². The molecule has 1 aliphatic rings. The second-order valence-corrected chi connectivity index (χ2v) is 5.22. The average molecular weight is 250 g/mol. The number of likely N-dealkylation sites (N-methyl/N-ethyl adjacent to an activating group) is 1. The zero-order valence-electron chi connectivity index (χ0n) is 10.6. The van der Waals surface area contributed by atoms with Crippen LogP contribution < -0.4 is 0 Å². The Kier molecular flexibility index (Phi) is 2.63. The third-order valence-electron chi connectivity index (χ3n) is 3.94. The highest BCUT2D eigenvalue weighted by Crippen LogP contribution is 2.33. The van der Waals surface area contributed by atoms with Crippen molar-refractivity contribution in [2.75, 3.05) is 14.1 Å². The predicted octanol–water partition coefficient (Wildman–Crippen LogP) is 2.87. The van der Waals surface area contributed by atoms with Crippen LogP contribution in [0.25, 0.3) is 10.9 Å². The van der Waals surface area contributed by atoms with Crippen molar-refractivity contribution in [2.45, 2.75) is 25.3 Å². The van der Waals surface area contributed by atoms with Gasteiger partial charge in [-0.1, -0.05) is 0 Å². The molecule has 2 aromatic rings. The van der Waals surface area contributed by atoms with Gasteiger partial charge in [0, 0.05) is 17.1 Å². The van der Waals surface area contributed by atoms with E-state index >= 15 is 0 Å². The van der Waals surface area contributed by atoms with E-state index in [0.29, 0.717) is 16.9 Å². The van der Waals surface area contributed by atoms with Gasteiger partial charge in [0.2, 0.25) is 0 Å². The number of nitrogens with one attached hydrogen (secondary N) is 1. The maximum atomic E-state index is 13.9. The Morgan fingerprint density at radius 2 is 1.94 bits per heavy atom. The molecular formula is C14H16F2N2. The fraction of sp³-hybridized carbons (Fsp3) is 0.429. The lowest BCUT2D eigenvalue weighted by Gasteiger charge is -2.28. The molecule has 0 radical (unpaired) electrons. The number of H-pyrrole nitrogens is 1. The average Bonchev–Trinajstić information content (AvgIpc) is 2.73. The first-order chi connectivity index (χ1) is 8.58. The molecule has 0 amide bonds. The Bertz CT molecular complexity index is 601. The van der Waals surface area contributed by atoms with Crippen LogP contribution in [0.15, 0.2) is 12.1 Å². The number of aryl methyl sites for hydroxylation is 1. The first-order valence-electron chi connectivity index (χ1n) is 6.21. The Morgan fingerprint density at radius 1 is 1.22 bits per heavy atom. The van der Waals surface area contributed by atoms with Crippen LogP contribution >= 0.6 is 0 Å². The molecular weight excluding hydrogens is 234 g/mol. The normalized spacial score (nSPS) is 19.5. The lowest BCUT2D eigenvalue weighted by Crippen LogP contribution is -2.33. The minimum absolute atomic E-state index is 0.319. The summed E-state index contributed by atoms with van der Waals surface area (Å²) in [7, 11) is 4.06. The lowest BCUT2D eigenvalue weighted by molar-refractivity contribution is 0.268. The Hall–Kier alpha value is -1.42. The lowest BCUT2D eigenvalue weighted by atomic mass is 9.91. The topological polar surface area (TPSA) is 19.0 Å². The van der Waals surface area contributed by atoms with Gasteiger partial charge in [-0.15, -0.1) is 0 Å². The number of nitrogens with zero attached hydrogens (tertiary/aromatic N) is 1. The smallest absolute Gasteiger partial charge is 0.147 e. The van der Waals surface area contributed by atoms with Gasteiger partial charge in [-0.2, -0.15) is 0 Å². The SMILES string of the molecule is CN(C)C1CCc2[nH]c3c(F)ccc(F)c3c2C1. The van der Waals surface area contributed by atoms with Crippen molar-refractivity contribution in [1.82, 2.24) is 9.88 Å². The van der Waals surface area contributed by atoms with E-state index < -0.39 is 0 Å². The summed E-state index contributed by atoms with van der Waals surface area (Å²) in [6, 6.07) is 2.80. The van der Waals surface area contributed by atoms with Crippen LogP contribution in [0, 0.1) is 11.6 Å². The largest absolute Gasteiger partial charge is 0.356 e. The molecule has 2 nitrogen and oxygen atoms in total. The molecule has 1 heterocycles. The molecule has 0 saturated carbocycles. The van der Waals surface area contributed by atoms with Gasteiger partial charge >= 0.3 is 0 Å². The Morgan fingerprint density at radius 3 is 2.67 bits per heavy atom. The summed E-state index contributed by atoms with van der Waals surface area (Å²) in [6.45, 7) is 0. The van der Waals surface area contributed by atoms with E-state index in [4.69, 9.17) is 0 Å². The molecule has 4 heteroatoms. The Labute approximate surface area is 105 Å². The number of hydrogen-bond donors (Lipinski definition) is 1. The van der Waals surface area contributed by atoms with Crippen molar-refractivity contribution >= 4 is 10.9 Å². The van der Waals surface area contributed by atoms with Gasteiger partial charge in [0.15, 0.2) is 0 Å². The van der Waals surface area contributed by atoms with Gasteiger partial charge in [0.05, 0.1) is 5.52 Å². The van der Waals surface area contributed by atoms with Crippen LogP contribution in [0.1, 0.15) is 17.7 Å². The molecule has 1 aliphatic carbocycles. The Balaban J connectivity index is 2.18. The maximum Gasteiger partial charge on any atom is 0.147 e. The molecule has 0 aliphatic heterocycles. The fourth-order valence-corrected chi connectivity index (χ4v) is 2.87. The molecule has 1 aromatic heterocycles. The summed E-state index contributed by atoms with van der Waals surface area (Å²) in [5.41, 5.74) is 2.26. The van der Waals surface area contributed by atoms with E-state index in [1.807, 2.05) is 14.1 Å². The highest BCUT2D eigenvalue weighted by molar-refractivity contribution is 5.86. The molecule has 0 fully saturated rings. The summed E-state index contributed by atoms with van der Waals surface area (Å²) >= 11 is 0. The van der Waals surface area contributed by atoms with Crippen molar-refractivity contribution in [3.8, 4) is 0 Å². The van der Waals surface area contributed by atoms with E-state index in [1.54, 1.807) is 0 Å². The number of rotatable bonds is 1. The maximum absolute atomic E-state index is 13.9. The van der Waals surface area contributed by atoms with Crippen molar-refractivity contribution < 1.29 is 8.78 Å². The monoisotopic (exact) mass is 250 g/mol. The van der Waals surface area contributed by atoms with E-state index in [-0.39, 0.29) is 11.6 Å². The quantitative estimate of drug-likeness (QED) is 0.824. The van der Waals surface area contributed by atoms with E-state index in [0.717, 1.165) is 30.5 Å². The second kappa shape index (κ2) is 4.05. The van der Waals surface area contributed by atoms with Crippen molar-refractivity contribution in [1.29, 1.82) is 0 Å². The minimum atomic E-state index is -0.373. The number of hydrogen-bond acceptors (Lipinski definition) is 1. The number of benzene rings is 1. The first-order valence-corrected chi connectivity index (χ1v) is 6.21. The van der Waals surface area contributed by atoms with Gasteiger partial charge in [-0.3, -0.25) is 0 Å². The molecule has 1 aromatic carbocycles. The van der Waals surface area contributed by atoms with E-state index in [9.17, 15) is 8.78 Å². The molecule has 0 saturated heterocycles. The van der Waals surface area contributed by atoms with Crippen LogP contribution in [0.3, 0.4) is 0 Å². The summed E-state index contributed by atoms with van der Waals surface area (Å²) < 4.78 is 27.6. The van der Waals surface area contributed by atoms with Crippen LogP contribution in [-0.4, -0.2) is 30.0 Å². The molecule has 1 N–H and O–H groups in total. The molecule has 96 valence electrons. The highest BCUT2D eigenvalue weighted by atomic mass is 19.1. The molecule has 0 bridgehead atoms. The third-order valence-corrected chi connectivity index (χ3v) is 3.94. The molecule has 1 atom stereocenters. The van der Waals surface area contributed by atoms with Gasteiger partial charge in [0.1, 0.15) is 11.6 Å². The van der Waals surface area contributed by atoms with E-state index in [2.05, 4.69) is 9.88 Å². The number of aromatic amines is 1. The fourth-order valence-electron chi connectivity index (χ4n) is 2.87. The second-order valence-electron chi connectivity index (χ2n) is 5.22. The van der Waals surface area contributed by atoms with Crippen LogP contribution in [-0.2, 0) is 12.8 Å². The predicted molar refractivity (Wildman–Crippen MR) is 67.7 cm³/mol. The van der Waals surface area contributed by atoms with Gasteiger partial charge in [-0.25, -0.2) is 8.78 Å². The van der Waals surface area contributed by atoms with Crippen molar-refractivity contribution in [3.63, 3.8) is 0 Å². The highest BCUT2D eigenvalue weighted by Gasteiger charge is 2.26. The zero-order valence-corrected chi connectivity index (χ0v) is 10.6. The summed E-state index contributed by atoms with van der Waals surface area (Å²) in [5.74, 6) is -0.703. The van der Waals surface area contributed by atoms with E-state index in [1.165, 1.54) is 12.1 Å². The molecule has 18 heavy (non-hydrogen) atoms. The molecule has 0 spiro atoms. The van der Waals surface area contributed by atoms with Crippen LogP contribution in [0.5, 0.6) is 0 Å². The van der Waals surface area contributed by atoms with Crippen molar-refractivity contribution in [2.24, 2.45) is 0 Å². The summed E-state index contributed by atoms with van der Waals surface area (Å²) in [6.07, 6.45) is 2.66. The molecule has 1 unspecified atom stereocenters. The summed E-state index contributed by atoms with van der Waals surface area (Å²) in [4.78, 5) is 5.20. The number of aromatic nitrogens is 1. The standard InChI is InChI=1S/C14H16F2N2/c1-18(2)8-3-6-12-9(7-8)13-10(15)4-5-11(16)14(13)17-12/h4-5,8,17H,3,6-7H2,1-2H3. The number of fused-ring (bicyclic) bond motifs is 3. The van der Waals surface area contributed by atoms with Gasteiger partial charge in [-0.05, 0) is 51.1 Å². The van der Waals surface area contributed by atoms with Crippen LogP contribution in [0.4, 0.5) is 8.78 Å². The summed E-state index contributed by atoms with van der Waals surface area (Å²) in [5, 5.41) is 0.441. The minimum Gasteiger partial charge on any atom is -0.356 e. The third kappa shape index (κ3) is 1.63. The zero-order chi connectivity index (χ0) is 12.9. The van der Waals surface area contributed by atoms with Crippen molar-refractivity contribution in [3.05, 3.63) is 35.0 Å². The van der Waals surface area contributed by atoms with Gasteiger partial charge in [0.25, 0.3) is 0 Å².